The van der Waals surface area contributed by atoms with Crippen LogP contribution in [0.2, 0.25) is 5.02 Å². The summed E-state index contributed by atoms with van der Waals surface area (Å²) in [4.78, 5) is 28.1. The van der Waals surface area contributed by atoms with E-state index >= 15 is 0 Å². The van der Waals surface area contributed by atoms with Crippen molar-refractivity contribution in [3.63, 3.8) is 0 Å². The third kappa shape index (κ3) is 4.30. The molecule has 2 aromatic carbocycles. The van der Waals surface area contributed by atoms with Crippen LogP contribution in [0.15, 0.2) is 46.9 Å². The lowest BCUT2D eigenvalue weighted by Gasteiger charge is -2.34. The molecule has 1 aliphatic heterocycles. The molecular weight excluding hydrogens is 478 g/mol. The van der Waals surface area contributed by atoms with Crippen LogP contribution in [0.3, 0.4) is 0 Å². The fourth-order valence-corrected chi connectivity index (χ4v) is 5.41. The Morgan fingerprint density at radius 1 is 1.17 bits per heavy atom. The predicted octanol–water partition coefficient (Wildman–Crippen LogP) is 5.18. The minimum Gasteiger partial charge on any atom is -0.335 e. The second-order valence-electron chi connectivity index (χ2n) is 6.88. The number of non-ortho nitro benzene ring substituents is 1. The second-order valence-corrected chi connectivity index (χ2v) is 9.23. The molecule has 1 fully saturated rings. The zero-order valence-corrected chi connectivity index (χ0v) is 18.5. The van der Waals surface area contributed by atoms with Gasteiger partial charge in [-0.25, -0.2) is 0 Å². The number of hydrogen-bond acceptors (Lipinski definition) is 5. The van der Waals surface area contributed by atoms with Gasteiger partial charge in [0.15, 0.2) is 0 Å². The van der Waals surface area contributed by atoms with E-state index in [1.165, 1.54) is 29.0 Å². The molecule has 0 aliphatic carbocycles. The number of nitrogens with zero attached hydrogens (tertiary/aromatic N) is 3. The summed E-state index contributed by atoms with van der Waals surface area (Å²) in [6, 6.07) is 12.7. The van der Waals surface area contributed by atoms with E-state index in [2.05, 4.69) is 33.0 Å². The van der Waals surface area contributed by atoms with Crippen molar-refractivity contribution >= 4 is 60.5 Å². The first-order valence-electron chi connectivity index (χ1n) is 9.05. The Hall–Kier alpha value is -2.00. The molecular formula is C20H17BrClN3O3S. The van der Waals surface area contributed by atoms with Gasteiger partial charge < -0.3 is 4.90 Å². The molecule has 0 atom stereocenters. The number of benzene rings is 2. The van der Waals surface area contributed by atoms with Crippen LogP contribution in [-0.4, -0.2) is 46.8 Å². The van der Waals surface area contributed by atoms with Crippen LogP contribution in [0.5, 0.6) is 0 Å². The highest BCUT2D eigenvalue weighted by atomic mass is 79.9. The first kappa shape index (κ1) is 20.3. The molecule has 6 nitrogen and oxygen atoms in total. The molecule has 3 aromatic rings. The summed E-state index contributed by atoms with van der Waals surface area (Å²) >= 11 is 11.1. The smallest absolute Gasteiger partial charge is 0.270 e. The molecule has 1 aromatic heterocycles. The van der Waals surface area contributed by atoms with Crippen molar-refractivity contribution in [3.8, 4) is 0 Å². The molecule has 1 aliphatic rings. The number of carbonyl (C=O) groups is 1. The van der Waals surface area contributed by atoms with Gasteiger partial charge >= 0.3 is 0 Å². The molecule has 0 bridgehead atoms. The molecule has 4 rings (SSSR count). The number of halogens is 2. The fraction of sp³-hybridized carbons (Fsp3) is 0.250. The van der Waals surface area contributed by atoms with Crippen molar-refractivity contribution in [3.05, 3.63) is 72.5 Å². The lowest BCUT2D eigenvalue weighted by Crippen LogP contribution is -2.48. The highest BCUT2D eigenvalue weighted by Gasteiger charge is 2.26. The summed E-state index contributed by atoms with van der Waals surface area (Å²) in [7, 11) is 0. The van der Waals surface area contributed by atoms with Crippen molar-refractivity contribution < 1.29 is 9.72 Å². The van der Waals surface area contributed by atoms with E-state index in [4.69, 9.17) is 11.6 Å². The molecule has 2 heterocycles. The van der Waals surface area contributed by atoms with Crippen molar-refractivity contribution in [2.75, 3.05) is 26.2 Å². The van der Waals surface area contributed by atoms with Gasteiger partial charge in [-0.1, -0.05) is 39.7 Å². The van der Waals surface area contributed by atoms with Crippen molar-refractivity contribution in [2.24, 2.45) is 0 Å². The van der Waals surface area contributed by atoms with E-state index < -0.39 is 4.92 Å². The molecule has 29 heavy (non-hydrogen) atoms. The maximum Gasteiger partial charge on any atom is 0.270 e. The third-order valence-electron chi connectivity index (χ3n) is 4.97. The lowest BCUT2D eigenvalue weighted by molar-refractivity contribution is -0.384. The number of rotatable bonds is 4. The predicted molar refractivity (Wildman–Crippen MR) is 119 cm³/mol. The van der Waals surface area contributed by atoms with Gasteiger partial charge in [0.1, 0.15) is 4.88 Å². The Morgan fingerprint density at radius 3 is 2.62 bits per heavy atom. The zero-order valence-electron chi connectivity index (χ0n) is 15.3. The normalized spacial score (nSPS) is 15.0. The molecule has 0 unspecified atom stereocenters. The molecule has 0 spiro atoms. The summed E-state index contributed by atoms with van der Waals surface area (Å²) in [6.45, 7) is 3.66. The summed E-state index contributed by atoms with van der Waals surface area (Å²) in [5.41, 5.74) is 1.23. The van der Waals surface area contributed by atoms with Crippen LogP contribution < -0.4 is 0 Å². The Labute approximate surface area is 184 Å². The Balaban J connectivity index is 1.45. The number of piperazine rings is 1. The van der Waals surface area contributed by atoms with Crippen LogP contribution in [0.1, 0.15) is 15.2 Å². The van der Waals surface area contributed by atoms with E-state index in [0.29, 0.717) is 33.1 Å². The number of nitro benzene ring substituents is 1. The summed E-state index contributed by atoms with van der Waals surface area (Å²) < 4.78 is 1.71. The molecule has 0 N–H and O–H groups in total. The standard InChI is InChI=1S/C20H17BrClN3O3S/c21-14-3-1-2-13(10-14)12-23-6-8-24(9-7-23)20(26)19-18(22)16-5-4-15(25(27)28)11-17(16)29-19/h1-5,10-11H,6-9,12H2. The van der Waals surface area contributed by atoms with E-state index in [-0.39, 0.29) is 11.6 Å². The summed E-state index contributed by atoms with van der Waals surface area (Å²) in [5, 5.41) is 12.0. The van der Waals surface area contributed by atoms with Gasteiger partial charge in [-0.3, -0.25) is 19.8 Å². The molecule has 0 saturated carbocycles. The van der Waals surface area contributed by atoms with Crippen molar-refractivity contribution in [1.82, 2.24) is 9.80 Å². The Morgan fingerprint density at radius 2 is 1.93 bits per heavy atom. The summed E-state index contributed by atoms with van der Waals surface area (Å²) in [6.07, 6.45) is 0. The van der Waals surface area contributed by atoms with E-state index in [1.807, 2.05) is 17.0 Å². The van der Waals surface area contributed by atoms with Crippen LogP contribution in [-0.2, 0) is 6.54 Å². The lowest BCUT2D eigenvalue weighted by atomic mass is 10.2. The van der Waals surface area contributed by atoms with E-state index in [1.54, 1.807) is 6.07 Å². The zero-order chi connectivity index (χ0) is 20.5. The van der Waals surface area contributed by atoms with Gasteiger partial charge in [-0.2, -0.15) is 0 Å². The van der Waals surface area contributed by atoms with E-state index in [0.717, 1.165) is 24.1 Å². The highest BCUT2D eigenvalue weighted by Crippen LogP contribution is 2.38. The van der Waals surface area contributed by atoms with Gasteiger partial charge in [0, 0.05) is 59.4 Å². The Bertz CT molecular complexity index is 1100. The van der Waals surface area contributed by atoms with Gasteiger partial charge in [-0.15, -0.1) is 11.3 Å². The number of carbonyl (C=O) groups excluding carboxylic acids is 1. The fourth-order valence-electron chi connectivity index (χ4n) is 3.45. The third-order valence-corrected chi connectivity index (χ3v) is 7.11. The molecule has 1 amide bonds. The van der Waals surface area contributed by atoms with Crippen LogP contribution in [0.25, 0.3) is 10.1 Å². The van der Waals surface area contributed by atoms with E-state index in [9.17, 15) is 14.9 Å². The minimum atomic E-state index is -0.445. The van der Waals surface area contributed by atoms with Crippen LogP contribution >= 0.6 is 38.9 Å². The van der Waals surface area contributed by atoms with Crippen LogP contribution in [0, 0.1) is 10.1 Å². The molecule has 0 radical (unpaired) electrons. The average molecular weight is 495 g/mol. The molecule has 150 valence electrons. The molecule has 1 saturated heterocycles. The number of hydrogen-bond donors (Lipinski definition) is 0. The summed E-state index contributed by atoms with van der Waals surface area (Å²) in [5.74, 6) is -0.110. The van der Waals surface area contributed by atoms with Crippen LogP contribution in [0.4, 0.5) is 5.69 Å². The van der Waals surface area contributed by atoms with Gasteiger partial charge in [0.25, 0.3) is 11.6 Å². The quantitative estimate of drug-likeness (QED) is 0.370. The highest BCUT2D eigenvalue weighted by molar-refractivity contribution is 9.10. The van der Waals surface area contributed by atoms with Crippen molar-refractivity contribution in [1.29, 1.82) is 0 Å². The number of amides is 1. The Kier molecular flexibility index (Phi) is 5.87. The maximum absolute atomic E-state index is 13.0. The average Bonchev–Trinajstić information content (AvgIpc) is 3.04. The van der Waals surface area contributed by atoms with Crippen molar-refractivity contribution in [2.45, 2.75) is 6.54 Å². The first-order valence-corrected chi connectivity index (χ1v) is 11.0. The van der Waals surface area contributed by atoms with Gasteiger partial charge in [0.2, 0.25) is 0 Å². The maximum atomic E-state index is 13.0. The monoisotopic (exact) mass is 493 g/mol. The molecule has 9 heteroatoms. The van der Waals surface area contributed by atoms with Gasteiger partial charge in [0.05, 0.1) is 9.95 Å². The number of thiophene rings is 1. The largest absolute Gasteiger partial charge is 0.335 e. The van der Waals surface area contributed by atoms with Gasteiger partial charge in [-0.05, 0) is 23.8 Å². The number of nitro groups is 1. The minimum absolute atomic E-state index is 0.00409. The second kappa shape index (κ2) is 8.39. The SMILES string of the molecule is O=C(c1sc2cc([N+](=O)[O-])ccc2c1Cl)N1CCN(Cc2cccc(Br)c2)CC1. The topological polar surface area (TPSA) is 66.7 Å². The number of fused-ring (bicyclic) bond motifs is 1. The first-order chi connectivity index (χ1) is 13.9.